The van der Waals surface area contributed by atoms with E-state index < -0.39 is 0 Å². The standard InChI is InChI=1S/C14H10BrCl2NO2/c1-20-13-5-3-9(17)7-12(13)18-14(19)10-4-2-8(16)6-11(10)15/h2-7H,1H3,(H,18,19). The minimum absolute atomic E-state index is 0.283. The zero-order chi connectivity index (χ0) is 14.7. The number of carbonyl (C=O) groups excluding carboxylic acids is 1. The minimum atomic E-state index is -0.283. The molecule has 1 N–H and O–H groups in total. The fraction of sp³-hybridized carbons (Fsp3) is 0.0714. The van der Waals surface area contributed by atoms with Crippen molar-refractivity contribution in [1.29, 1.82) is 0 Å². The molecule has 0 aromatic heterocycles. The zero-order valence-corrected chi connectivity index (χ0v) is 13.5. The van der Waals surface area contributed by atoms with Crippen LogP contribution in [0.5, 0.6) is 5.75 Å². The van der Waals surface area contributed by atoms with Crippen LogP contribution in [0.3, 0.4) is 0 Å². The molecule has 0 aliphatic rings. The molecule has 0 spiro atoms. The van der Waals surface area contributed by atoms with Crippen molar-refractivity contribution in [2.75, 3.05) is 12.4 Å². The Morgan fingerprint density at radius 3 is 2.45 bits per heavy atom. The topological polar surface area (TPSA) is 38.3 Å². The number of amides is 1. The lowest BCUT2D eigenvalue weighted by molar-refractivity contribution is 0.102. The van der Waals surface area contributed by atoms with Gasteiger partial charge in [0, 0.05) is 14.5 Å². The van der Waals surface area contributed by atoms with E-state index in [1.807, 2.05) is 0 Å². The molecule has 0 radical (unpaired) electrons. The Balaban J connectivity index is 2.30. The molecule has 0 saturated carbocycles. The number of hydrogen-bond acceptors (Lipinski definition) is 2. The molecular weight excluding hydrogens is 365 g/mol. The van der Waals surface area contributed by atoms with Crippen LogP contribution in [0.1, 0.15) is 10.4 Å². The molecule has 0 atom stereocenters. The lowest BCUT2D eigenvalue weighted by atomic mass is 10.2. The molecule has 2 aromatic carbocycles. The number of anilines is 1. The van der Waals surface area contributed by atoms with Crippen LogP contribution in [0.25, 0.3) is 0 Å². The summed E-state index contributed by atoms with van der Waals surface area (Å²) < 4.78 is 5.79. The first-order valence-electron chi connectivity index (χ1n) is 5.61. The normalized spacial score (nSPS) is 10.2. The van der Waals surface area contributed by atoms with E-state index in [0.717, 1.165) is 0 Å². The van der Waals surface area contributed by atoms with Crippen molar-refractivity contribution in [2.45, 2.75) is 0 Å². The smallest absolute Gasteiger partial charge is 0.256 e. The van der Waals surface area contributed by atoms with Gasteiger partial charge in [-0.25, -0.2) is 0 Å². The highest BCUT2D eigenvalue weighted by atomic mass is 79.9. The van der Waals surface area contributed by atoms with Gasteiger partial charge in [0.2, 0.25) is 0 Å². The van der Waals surface area contributed by atoms with Gasteiger partial charge in [-0.15, -0.1) is 0 Å². The third-order valence-corrected chi connectivity index (χ3v) is 3.71. The molecule has 3 nitrogen and oxygen atoms in total. The maximum Gasteiger partial charge on any atom is 0.256 e. The summed E-state index contributed by atoms with van der Waals surface area (Å²) in [5.74, 6) is 0.252. The van der Waals surface area contributed by atoms with Crippen molar-refractivity contribution in [3.05, 3.63) is 56.5 Å². The summed E-state index contributed by atoms with van der Waals surface area (Å²) in [6.07, 6.45) is 0. The molecule has 0 saturated heterocycles. The van der Waals surface area contributed by atoms with Gasteiger partial charge in [-0.1, -0.05) is 23.2 Å². The second-order valence-corrected chi connectivity index (χ2v) is 5.65. The number of methoxy groups -OCH3 is 1. The fourth-order valence-corrected chi connectivity index (χ4v) is 2.68. The first-order valence-corrected chi connectivity index (χ1v) is 7.16. The number of halogens is 3. The highest BCUT2D eigenvalue weighted by Gasteiger charge is 2.13. The second kappa shape index (κ2) is 6.48. The Morgan fingerprint density at radius 1 is 1.15 bits per heavy atom. The fourth-order valence-electron chi connectivity index (χ4n) is 1.64. The predicted octanol–water partition coefficient (Wildman–Crippen LogP) is 5.02. The average molecular weight is 375 g/mol. The molecule has 2 rings (SSSR count). The summed E-state index contributed by atoms with van der Waals surface area (Å²) in [5.41, 5.74) is 0.975. The SMILES string of the molecule is COc1ccc(Cl)cc1NC(=O)c1ccc(Cl)cc1Br. The van der Waals surface area contributed by atoms with Gasteiger partial charge < -0.3 is 10.1 Å². The maximum absolute atomic E-state index is 12.2. The van der Waals surface area contributed by atoms with Gasteiger partial charge in [0.25, 0.3) is 5.91 Å². The van der Waals surface area contributed by atoms with Crippen molar-refractivity contribution >= 4 is 50.7 Å². The number of rotatable bonds is 3. The lowest BCUT2D eigenvalue weighted by Crippen LogP contribution is -2.13. The van der Waals surface area contributed by atoms with E-state index in [1.165, 1.54) is 7.11 Å². The highest BCUT2D eigenvalue weighted by molar-refractivity contribution is 9.10. The van der Waals surface area contributed by atoms with Crippen molar-refractivity contribution in [1.82, 2.24) is 0 Å². The number of carbonyl (C=O) groups is 1. The van der Waals surface area contributed by atoms with E-state index >= 15 is 0 Å². The molecule has 0 bridgehead atoms. The van der Waals surface area contributed by atoms with Gasteiger partial charge in [0.1, 0.15) is 5.75 Å². The van der Waals surface area contributed by atoms with Crippen molar-refractivity contribution < 1.29 is 9.53 Å². The van der Waals surface area contributed by atoms with Gasteiger partial charge >= 0.3 is 0 Å². The molecule has 0 unspecified atom stereocenters. The van der Waals surface area contributed by atoms with Crippen LogP contribution in [0.2, 0.25) is 10.0 Å². The molecule has 0 fully saturated rings. The summed E-state index contributed by atoms with van der Waals surface area (Å²) in [6, 6.07) is 9.95. The van der Waals surface area contributed by atoms with E-state index in [4.69, 9.17) is 27.9 Å². The lowest BCUT2D eigenvalue weighted by Gasteiger charge is -2.11. The summed E-state index contributed by atoms with van der Waals surface area (Å²) in [4.78, 5) is 12.2. The Labute approximate surface area is 135 Å². The molecule has 104 valence electrons. The van der Waals surface area contributed by atoms with E-state index in [0.29, 0.717) is 31.5 Å². The first-order chi connectivity index (χ1) is 9.51. The summed E-state index contributed by atoms with van der Waals surface area (Å²) in [6.45, 7) is 0. The molecule has 1 amide bonds. The third-order valence-electron chi connectivity index (χ3n) is 2.59. The first kappa shape index (κ1) is 15.2. The zero-order valence-electron chi connectivity index (χ0n) is 10.4. The van der Waals surface area contributed by atoms with E-state index in [1.54, 1.807) is 36.4 Å². The maximum atomic E-state index is 12.2. The van der Waals surface area contributed by atoms with Crippen LogP contribution >= 0.6 is 39.1 Å². The van der Waals surface area contributed by atoms with E-state index in [9.17, 15) is 4.79 Å². The number of nitrogens with one attached hydrogen (secondary N) is 1. The van der Waals surface area contributed by atoms with Gasteiger partial charge in [-0.05, 0) is 52.3 Å². The van der Waals surface area contributed by atoms with Crippen molar-refractivity contribution in [3.63, 3.8) is 0 Å². The molecule has 0 heterocycles. The molecule has 6 heteroatoms. The van der Waals surface area contributed by atoms with Crippen molar-refractivity contribution in [3.8, 4) is 5.75 Å². The van der Waals surface area contributed by atoms with Crippen LogP contribution in [0, 0.1) is 0 Å². The van der Waals surface area contributed by atoms with Crippen LogP contribution in [0.15, 0.2) is 40.9 Å². The van der Waals surface area contributed by atoms with Crippen LogP contribution < -0.4 is 10.1 Å². The Hall–Kier alpha value is -1.23. The Bertz CT molecular complexity index is 662. The van der Waals surface area contributed by atoms with Crippen molar-refractivity contribution in [2.24, 2.45) is 0 Å². The molecule has 2 aromatic rings. The molecule has 0 aliphatic carbocycles. The number of hydrogen-bond donors (Lipinski definition) is 1. The highest BCUT2D eigenvalue weighted by Crippen LogP contribution is 2.29. The third kappa shape index (κ3) is 3.45. The van der Waals surface area contributed by atoms with E-state index in [-0.39, 0.29) is 5.91 Å². The number of benzene rings is 2. The van der Waals surface area contributed by atoms with Crippen LogP contribution in [0.4, 0.5) is 5.69 Å². The minimum Gasteiger partial charge on any atom is -0.495 e. The van der Waals surface area contributed by atoms with Crippen LogP contribution in [-0.4, -0.2) is 13.0 Å². The summed E-state index contributed by atoms with van der Waals surface area (Å²) >= 11 is 15.1. The van der Waals surface area contributed by atoms with Gasteiger partial charge in [-0.2, -0.15) is 0 Å². The summed E-state index contributed by atoms with van der Waals surface area (Å²) in [7, 11) is 1.52. The molecular formula is C14H10BrCl2NO2. The van der Waals surface area contributed by atoms with E-state index in [2.05, 4.69) is 21.2 Å². The second-order valence-electron chi connectivity index (χ2n) is 3.92. The monoisotopic (exact) mass is 373 g/mol. The van der Waals surface area contributed by atoms with Gasteiger partial charge in [-0.3, -0.25) is 4.79 Å². The molecule has 0 aliphatic heterocycles. The van der Waals surface area contributed by atoms with Gasteiger partial charge in [0.15, 0.2) is 0 Å². The number of ether oxygens (including phenoxy) is 1. The predicted molar refractivity (Wildman–Crippen MR) is 85.1 cm³/mol. The average Bonchev–Trinajstić information content (AvgIpc) is 2.38. The largest absolute Gasteiger partial charge is 0.495 e. The van der Waals surface area contributed by atoms with Crippen LogP contribution in [-0.2, 0) is 0 Å². The van der Waals surface area contributed by atoms with Gasteiger partial charge in [0.05, 0.1) is 18.4 Å². The quantitative estimate of drug-likeness (QED) is 0.819. The Morgan fingerprint density at radius 2 is 1.80 bits per heavy atom. The Kier molecular flexibility index (Phi) is 4.91. The molecule has 20 heavy (non-hydrogen) atoms. The summed E-state index contributed by atoms with van der Waals surface area (Å²) in [5, 5.41) is 3.82.